The fourth-order valence-electron chi connectivity index (χ4n) is 2.38. The summed E-state index contributed by atoms with van der Waals surface area (Å²) in [6.45, 7) is 1.05. The van der Waals surface area contributed by atoms with Gasteiger partial charge in [-0.25, -0.2) is 9.37 Å². The molecule has 0 saturated carbocycles. The molecule has 2 heterocycles. The minimum Gasteiger partial charge on any atom is -0.341 e. The molecule has 2 aromatic rings. The summed E-state index contributed by atoms with van der Waals surface area (Å²) in [6, 6.07) is 6.79. The monoisotopic (exact) mass is 245 g/mol. The molecular formula is C14H16FN3. The van der Waals surface area contributed by atoms with Crippen LogP contribution in [-0.2, 0) is 0 Å². The lowest BCUT2D eigenvalue weighted by molar-refractivity contribution is 0.399. The third kappa shape index (κ3) is 2.29. The van der Waals surface area contributed by atoms with Gasteiger partial charge in [0.25, 0.3) is 0 Å². The van der Waals surface area contributed by atoms with Crippen LogP contribution in [0.1, 0.15) is 31.1 Å². The van der Waals surface area contributed by atoms with E-state index in [-0.39, 0.29) is 5.82 Å². The van der Waals surface area contributed by atoms with Crippen LogP contribution in [0, 0.1) is 5.82 Å². The van der Waals surface area contributed by atoms with Crippen LogP contribution >= 0.6 is 0 Å². The molecule has 1 atom stereocenters. The van der Waals surface area contributed by atoms with E-state index in [2.05, 4.69) is 15.3 Å². The number of halogens is 1. The zero-order valence-electron chi connectivity index (χ0n) is 10.1. The maximum absolute atomic E-state index is 12.9. The molecule has 1 aromatic heterocycles. The van der Waals surface area contributed by atoms with Gasteiger partial charge in [-0.3, -0.25) is 0 Å². The predicted octanol–water partition coefficient (Wildman–Crippen LogP) is 3.03. The van der Waals surface area contributed by atoms with Gasteiger partial charge in [-0.1, -0.05) is 6.42 Å². The number of nitrogens with one attached hydrogen (secondary N) is 2. The van der Waals surface area contributed by atoms with E-state index in [0.29, 0.717) is 6.04 Å². The molecule has 1 aliphatic rings. The number of nitrogens with zero attached hydrogens (tertiary/aromatic N) is 1. The van der Waals surface area contributed by atoms with E-state index in [0.717, 1.165) is 30.0 Å². The zero-order chi connectivity index (χ0) is 12.4. The molecule has 1 saturated heterocycles. The molecule has 3 nitrogen and oxygen atoms in total. The Hall–Kier alpha value is -1.68. The lowest BCUT2D eigenvalue weighted by Gasteiger charge is -2.21. The van der Waals surface area contributed by atoms with Crippen molar-refractivity contribution in [2.45, 2.75) is 25.3 Å². The highest BCUT2D eigenvalue weighted by molar-refractivity contribution is 5.58. The Morgan fingerprint density at radius 1 is 1.17 bits per heavy atom. The summed E-state index contributed by atoms with van der Waals surface area (Å²) in [7, 11) is 0. The Labute approximate surface area is 105 Å². The molecule has 0 amide bonds. The van der Waals surface area contributed by atoms with Crippen molar-refractivity contribution in [3.8, 4) is 11.3 Å². The Kier molecular flexibility index (Phi) is 3.11. The zero-order valence-corrected chi connectivity index (χ0v) is 10.1. The van der Waals surface area contributed by atoms with Crippen LogP contribution in [0.15, 0.2) is 30.5 Å². The maximum Gasteiger partial charge on any atom is 0.123 e. The lowest BCUT2D eigenvalue weighted by Crippen LogP contribution is -2.27. The largest absolute Gasteiger partial charge is 0.341 e. The standard InChI is InChI=1S/C14H16FN3/c15-11-6-4-10(5-7-11)13-9-17-14(18-13)12-3-1-2-8-16-12/h4-7,9,12,16H,1-3,8H2,(H,17,18). The van der Waals surface area contributed by atoms with Crippen LogP contribution < -0.4 is 5.32 Å². The van der Waals surface area contributed by atoms with E-state index >= 15 is 0 Å². The summed E-state index contributed by atoms with van der Waals surface area (Å²) >= 11 is 0. The first-order valence-electron chi connectivity index (χ1n) is 6.37. The number of H-pyrrole nitrogens is 1. The number of hydrogen-bond acceptors (Lipinski definition) is 2. The smallest absolute Gasteiger partial charge is 0.123 e. The maximum atomic E-state index is 12.9. The molecule has 1 aliphatic heterocycles. The van der Waals surface area contributed by atoms with Gasteiger partial charge < -0.3 is 10.3 Å². The van der Waals surface area contributed by atoms with Crippen molar-refractivity contribution >= 4 is 0 Å². The summed E-state index contributed by atoms with van der Waals surface area (Å²) in [5.41, 5.74) is 1.91. The molecule has 0 radical (unpaired) electrons. The van der Waals surface area contributed by atoms with E-state index < -0.39 is 0 Å². The first-order valence-corrected chi connectivity index (χ1v) is 6.37. The summed E-state index contributed by atoms with van der Waals surface area (Å²) in [4.78, 5) is 7.75. The third-order valence-corrected chi connectivity index (χ3v) is 3.39. The molecule has 0 bridgehead atoms. The van der Waals surface area contributed by atoms with Crippen molar-refractivity contribution in [3.63, 3.8) is 0 Å². The van der Waals surface area contributed by atoms with Gasteiger partial charge in [-0.15, -0.1) is 0 Å². The van der Waals surface area contributed by atoms with Crippen molar-refractivity contribution in [2.24, 2.45) is 0 Å². The molecule has 18 heavy (non-hydrogen) atoms. The quantitative estimate of drug-likeness (QED) is 0.853. The topological polar surface area (TPSA) is 40.7 Å². The van der Waals surface area contributed by atoms with Gasteiger partial charge in [0.1, 0.15) is 11.6 Å². The number of aromatic nitrogens is 2. The second kappa shape index (κ2) is 4.90. The summed E-state index contributed by atoms with van der Waals surface area (Å²) in [6.07, 6.45) is 5.42. The van der Waals surface area contributed by atoms with Crippen LogP contribution in [-0.4, -0.2) is 16.5 Å². The van der Waals surface area contributed by atoms with E-state index in [9.17, 15) is 4.39 Å². The van der Waals surface area contributed by atoms with Crippen LogP contribution in [0.3, 0.4) is 0 Å². The van der Waals surface area contributed by atoms with E-state index in [1.165, 1.54) is 25.0 Å². The highest BCUT2D eigenvalue weighted by atomic mass is 19.1. The number of hydrogen-bond donors (Lipinski definition) is 2. The first kappa shape index (κ1) is 11.4. The fourth-order valence-corrected chi connectivity index (χ4v) is 2.38. The summed E-state index contributed by atoms with van der Waals surface area (Å²) < 4.78 is 12.9. The molecule has 4 heteroatoms. The average Bonchev–Trinajstić information content (AvgIpc) is 2.90. The molecule has 1 unspecified atom stereocenters. The van der Waals surface area contributed by atoms with Crippen LogP contribution in [0.2, 0.25) is 0 Å². The Balaban J connectivity index is 1.82. The fraction of sp³-hybridized carbons (Fsp3) is 0.357. The SMILES string of the molecule is Fc1ccc(-c2cnc(C3CCCCN3)[nH]2)cc1. The van der Waals surface area contributed by atoms with Crippen LogP contribution in [0.4, 0.5) is 4.39 Å². The Morgan fingerprint density at radius 3 is 2.72 bits per heavy atom. The number of imidazole rings is 1. The van der Waals surface area contributed by atoms with Crippen LogP contribution in [0.25, 0.3) is 11.3 Å². The Morgan fingerprint density at radius 2 is 2.00 bits per heavy atom. The molecule has 1 fully saturated rings. The van der Waals surface area contributed by atoms with Gasteiger partial charge >= 0.3 is 0 Å². The molecule has 1 aromatic carbocycles. The summed E-state index contributed by atoms with van der Waals surface area (Å²) in [5.74, 6) is 0.765. The van der Waals surface area contributed by atoms with Crippen molar-refractivity contribution < 1.29 is 4.39 Å². The van der Waals surface area contributed by atoms with Crippen molar-refractivity contribution in [1.29, 1.82) is 0 Å². The Bertz CT molecular complexity index is 512. The minimum absolute atomic E-state index is 0.215. The second-order valence-corrected chi connectivity index (χ2v) is 4.69. The first-order chi connectivity index (χ1) is 8.83. The van der Waals surface area contributed by atoms with Crippen LogP contribution in [0.5, 0.6) is 0 Å². The van der Waals surface area contributed by atoms with Crippen molar-refractivity contribution in [2.75, 3.05) is 6.54 Å². The third-order valence-electron chi connectivity index (χ3n) is 3.39. The molecule has 2 N–H and O–H groups in total. The van der Waals surface area contributed by atoms with Gasteiger partial charge in [0.05, 0.1) is 17.9 Å². The van der Waals surface area contributed by atoms with E-state index in [4.69, 9.17) is 0 Å². The van der Waals surface area contributed by atoms with Crippen molar-refractivity contribution in [3.05, 3.63) is 42.1 Å². The van der Waals surface area contributed by atoms with E-state index in [1.807, 2.05) is 6.20 Å². The molecule has 0 spiro atoms. The molecule has 94 valence electrons. The number of aromatic amines is 1. The predicted molar refractivity (Wildman–Crippen MR) is 68.6 cm³/mol. The average molecular weight is 245 g/mol. The second-order valence-electron chi connectivity index (χ2n) is 4.69. The molecule has 3 rings (SSSR count). The molecule has 0 aliphatic carbocycles. The minimum atomic E-state index is -0.215. The van der Waals surface area contributed by atoms with Gasteiger partial charge in [0, 0.05) is 0 Å². The highest BCUT2D eigenvalue weighted by Gasteiger charge is 2.17. The van der Waals surface area contributed by atoms with Gasteiger partial charge in [0.2, 0.25) is 0 Å². The number of piperidine rings is 1. The van der Waals surface area contributed by atoms with Gasteiger partial charge in [0.15, 0.2) is 0 Å². The summed E-state index contributed by atoms with van der Waals surface area (Å²) in [5, 5.41) is 3.46. The van der Waals surface area contributed by atoms with Gasteiger partial charge in [-0.2, -0.15) is 0 Å². The number of rotatable bonds is 2. The van der Waals surface area contributed by atoms with E-state index in [1.54, 1.807) is 12.1 Å². The number of benzene rings is 1. The van der Waals surface area contributed by atoms with Gasteiger partial charge in [-0.05, 0) is 49.2 Å². The lowest BCUT2D eigenvalue weighted by atomic mass is 10.0. The normalized spacial score (nSPS) is 19.9. The molecular weight excluding hydrogens is 229 g/mol. The van der Waals surface area contributed by atoms with Crippen molar-refractivity contribution in [1.82, 2.24) is 15.3 Å². The highest BCUT2D eigenvalue weighted by Crippen LogP contribution is 2.23.